The summed E-state index contributed by atoms with van der Waals surface area (Å²) in [6, 6.07) is 11.7. The van der Waals surface area contributed by atoms with Gasteiger partial charge in [-0.3, -0.25) is 4.79 Å². The Kier molecular flexibility index (Phi) is 4.49. The Hall–Kier alpha value is -2.82. The van der Waals surface area contributed by atoms with Crippen molar-refractivity contribution in [2.75, 3.05) is 7.11 Å². The van der Waals surface area contributed by atoms with Gasteiger partial charge in [0, 0.05) is 30.4 Å². The molecular formula is C20H23N3O2. The van der Waals surface area contributed by atoms with Gasteiger partial charge in [-0.1, -0.05) is 18.2 Å². The van der Waals surface area contributed by atoms with Gasteiger partial charge in [0.05, 0.1) is 12.7 Å². The van der Waals surface area contributed by atoms with Gasteiger partial charge in [-0.25, -0.2) is 4.98 Å². The van der Waals surface area contributed by atoms with Crippen molar-refractivity contribution in [3.63, 3.8) is 0 Å². The van der Waals surface area contributed by atoms with Crippen LogP contribution in [0.3, 0.4) is 0 Å². The molecule has 0 saturated heterocycles. The van der Waals surface area contributed by atoms with Crippen LogP contribution in [0.15, 0.2) is 48.8 Å². The molecule has 5 heteroatoms. The van der Waals surface area contributed by atoms with Crippen LogP contribution in [0.25, 0.3) is 11.0 Å². The van der Waals surface area contributed by atoms with Gasteiger partial charge in [0.15, 0.2) is 0 Å². The summed E-state index contributed by atoms with van der Waals surface area (Å²) in [6.07, 6.45) is 4.23. The number of carbonyl (C=O) groups excluding carboxylic acids is 1. The number of aromatic nitrogens is 2. The first-order valence-electron chi connectivity index (χ1n) is 8.25. The first-order chi connectivity index (χ1) is 11.9. The standard InChI is InChI=1S/C20H23N3O2/c1-20(2,12-15-7-5-6-8-17(15)25-4)22-19(24)16-11-14-9-10-23(3)18(14)21-13-16/h5-11,13H,12H2,1-4H3,(H,22,24). The molecule has 0 atom stereocenters. The summed E-state index contributed by atoms with van der Waals surface area (Å²) >= 11 is 0. The van der Waals surface area contributed by atoms with Gasteiger partial charge in [0.2, 0.25) is 0 Å². The van der Waals surface area contributed by atoms with E-state index in [0.29, 0.717) is 12.0 Å². The molecule has 130 valence electrons. The summed E-state index contributed by atoms with van der Waals surface area (Å²) in [5.74, 6) is 0.704. The highest BCUT2D eigenvalue weighted by molar-refractivity contribution is 5.97. The zero-order valence-electron chi connectivity index (χ0n) is 15.0. The smallest absolute Gasteiger partial charge is 0.253 e. The third-order valence-electron chi connectivity index (χ3n) is 4.25. The molecular weight excluding hydrogens is 314 g/mol. The predicted octanol–water partition coefficient (Wildman–Crippen LogP) is 3.33. The maximum Gasteiger partial charge on any atom is 0.253 e. The zero-order chi connectivity index (χ0) is 18.0. The number of hydrogen-bond donors (Lipinski definition) is 1. The molecule has 5 nitrogen and oxygen atoms in total. The van der Waals surface area contributed by atoms with Crippen LogP contribution < -0.4 is 10.1 Å². The van der Waals surface area contributed by atoms with Crippen molar-refractivity contribution in [1.82, 2.24) is 14.9 Å². The van der Waals surface area contributed by atoms with Crippen molar-refractivity contribution in [1.29, 1.82) is 0 Å². The third-order valence-corrected chi connectivity index (χ3v) is 4.25. The number of nitrogens with one attached hydrogen (secondary N) is 1. The van der Waals surface area contributed by atoms with Gasteiger partial charge < -0.3 is 14.6 Å². The lowest BCUT2D eigenvalue weighted by Crippen LogP contribution is -2.45. The second kappa shape index (κ2) is 6.59. The monoisotopic (exact) mass is 337 g/mol. The number of hydrogen-bond acceptors (Lipinski definition) is 3. The summed E-state index contributed by atoms with van der Waals surface area (Å²) in [4.78, 5) is 17.1. The molecule has 0 spiro atoms. The van der Waals surface area contributed by atoms with Crippen LogP contribution in [-0.4, -0.2) is 28.1 Å². The molecule has 25 heavy (non-hydrogen) atoms. The minimum Gasteiger partial charge on any atom is -0.496 e. The van der Waals surface area contributed by atoms with E-state index in [0.717, 1.165) is 22.3 Å². The van der Waals surface area contributed by atoms with Crippen LogP contribution in [0.4, 0.5) is 0 Å². The molecule has 0 aliphatic carbocycles. The van der Waals surface area contributed by atoms with Crippen molar-refractivity contribution in [2.45, 2.75) is 25.8 Å². The summed E-state index contributed by atoms with van der Waals surface area (Å²) in [5, 5.41) is 4.06. The SMILES string of the molecule is COc1ccccc1CC(C)(C)NC(=O)c1cnc2c(ccn2C)c1. The van der Waals surface area contributed by atoms with Gasteiger partial charge in [0.1, 0.15) is 11.4 Å². The number of nitrogens with zero attached hydrogens (tertiary/aromatic N) is 2. The van der Waals surface area contributed by atoms with Crippen molar-refractivity contribution < 1.29 is 9.53 Å². The van der Waals surface area contributed by atoms with Gasteiger partial charge >= 0.3 is 0 Å². The van der Waals surface area contributed by atoms with E-state index in [4.69, 9.17) is 4.74 Å². The van der Waals surface area contributed by atoms with Gasteiger partial charge in [-0.2, -0.15) is 0 Å². The summed E-state index contributed by atoms with van der Waals surface area (Å²) in [6.45, 7) is 4.01. The number of amides is 1. The number of carbonyl (C=O) groups is 1. The molecule has 0 saturated carbocycles. The highest BCUT2D eigenvalue weighted by Crippen LogP contribution is 2.23. The lowest BCUT2D eigenvalue weighted by atomic mass is 9.94. The van der Waals surface area contributed by atoms with Crippen molar-refractivity contribution in [3.05, 3.63) is 59.9 Å². The van der Waals surface area contributed by atoms with E-state index < -0.39 is 5.54 Å². The van der Waals surface area contributed by atoms with E-state index in [1.54, 1.807) is 13.3 Å². The van der Waals surface area contributed by atoms with E-state index in [9.17, 15) is 4.79 Å². The van der Waals surface area contributed by atoms with E-state index >= 15 is 0 Å². The Morgan fingerprint density at radius 2 is 2.04 bits per heavy atom. The van der Waals surface area contributed by atoms with Crippen LogP contribution in [0, 0.1) is 0 Å². The maximum absolute atomic E-state index is 12.7. The Balaban J connectivity index is 1.77. The number of fused-ring (bicyclic) bond motifs is 1. The fraction of sp³-hybridized carbons (Fsp3) is 0.300. The average molecular weight is 337 g/mol. The number of rotatable bonds is 5. The van der Waals surface area contributed by atoms with E-state index in [-0.39, 0.29) is 5.91 Å². The molecule has 0 aliphatic rings. The number of methoxy groups -OCH3 is 1. The molecule has 1 N–H and O–H groups in total. The van der Waals surface area contributed by atoms with Crippen molar-refractivity contribution >= 4 is 16.9 Å². The molecule has 0 fully saturated rings. The van der Waals surface area contributed by atoms with Crippen molar-refractivity contribution in [2.24, 2.45) is 7.05 Å². The van der Waals surface area contributed by atoms with Crippen LogP contribution >= 0.6 is 0 Å². The van der Waals surface area contributed by atoms with Gasteiger partial charge in [0.25, 0.3) is 5.91 Å². The Morgan fingerprint density at radius 3 is 2.80 bits per heavy atom. The molecule has 2 heterocycles. The van der Waals surface area contributed by atoms with E-state index in [1.807, 2.05) is 68.1 Å². The Labute approximate surface area is 147 Å². The van der Waals surface area contributed by atoms with E-state index in [1.165, 1.54) is 0 Å². The number of aryl methyl sites for hydroxylation is 1. The molecule has 1 amide bonds. The number of benzene rings is 1. The maximum atomic E-state index is 12.7. The minimum atomic E-state index is -0.419. The summed E-state index contributed by atoms with van der Waals surface area (Å²) in [5.41, 5.74) is 2.07. The molecule has 0 aliphatic heterocycles. The molecule has 0 unspecified atom stereocenters. The number of pyridine rings is 1. The first-order valence-corrected chi connectivity index (χ1v) is 8.25. The fourth-order valence-corrected chi connectivity index (χ4v) is 3.03. The molecule has 0 radical (unpaired) electrons. The quantitative estimate of drug-likeness (QED) is 0.777. The Morgan fingerprint density at radius 1 is 1.28 bits per heavy atom. The Bertz CT molecular complexity index is 912. The van der Waals surface area contributed by atoms with Crippen LogP contribution in [0.2, 0.25) is 0 Å². The van der Waals surface area contributed by atoms with Crippen LogP contribution in [-0.2, 0) is 13.5 Å². The van der Waals surface area contributed by atoms with Crippen LogP contribution in [0.5, 0.6) is 5.75 Å². The highest BCUT2D eigenvalue weighted by Gasteiger charge is 2.23. The lowest BCUT2D eigenvalue weighted by molar-refractivity contribution is 0.0912. The first kappa shape index (κ1) is 17.0. The molecule has 0 bridgehead atoms. The number of para-hydroxylation sites is 1. The van der Waals surface area contributed by atoms with Crippen molar-refractivity contribution in [3.8, 4) is 5.75 Å². The zero-order valence-corrected chi connectivity index (χ0v) is 15.0. The molecule has 3 aromatic rings. The second-order valence-electron chi connectivity index (χ2n) is 6.89. The minimum absolute atomic E-state index is 0.127. The lowest BCUT2D eigenvalue weighted by Gasteiger charge is -2.27. The topological polar surface area (TPSA) is 56.1 Å². The van der Waals surface area contributed by atoms with E-state index in [2.05, 4.69) is 10.3 Å². The second-order valence-corrected chi connectivity index (χ2v) is 6.89. The highest BCUT2D eigenvalue weighted by atomic mass is 16.5. The molecule has 2 aromatic heterocycles. The molecule has 1 aromatic carbocycles. The van der Waals surface area contributed by atoms with Gasteiger partial charge in [-0.05, 0) is 44.0 Å². The largest absolute Gasteiger partial charge is 0.496 e. The molecule has 3 rings (SSSR count). The average Bonchev–Trinajstić information content (AvgIpc) is 2.95. The fourth-order valence-electron chi connectivity index (χ4n) is 3.03. The summed E-state index contributed by atoms with van der Waals surface area (Å²) < 4.78 is 7.34. The normalized spacial score (nSPS) is 11.5. The summed E-state index contributed by atoms with van der Waals surface area (Å²) in [7, 11) is 3.59. The predicted molar refractivity (Wildman–Crippen MR) is 99.0 cm³/mol. The van der Waals surface area contributed by atoms with Gasteiger partial charge in [-0.15, -0.1) is 0 Å². The van der Waals surface area contributed by atoms with Crippen LogP contribution in [0.1, 0.15) is 29.8 Å². The number of ether oxygens (including phenoxy) is 1. The third kappa shape index (κ3) is 3.65.